The maximum Gasteiger partial charge on any atom is 0.304 e. The molecule has 2 atom stereocenters. The summed E-state index contributed by atoms with van der Waals surface area (Å²) in [7, 11) is 0. The SMILES string of the molecule is CCN(CCC(=O)O)C1CC(C)CC(C)(C)C1. The summed E-state index contributed by atoms with van der Waals surface area (Å²) >= 11 is 0. The van der Waals surface area contributed by atoms with Crippen molar-refractivity contribution in [3.8, 4) is 0 Å². The highest BCUT2D eigenvalue weighted by molar-refractivity contribution is 5.66. The van der Waals surface area contributed by atoms with Crippen LogP contribution in [-0.4, -0.2) is 35.1 Å². The summed E-state index contributed by atoms with van der Waals surface area (Å²) in [6.45, 7) is 10.8. The van der Waals surface area contributed by atoms with Crippen LogP contribution in [0.25, 0.3) is 0 Å². The molecule has 3 heteroatoms. The largest absolute Gasteiger partial charge is 0.481 e. The van der Waals surface area contributed by atoms with E-state index < -0.39 is 5.97 Å². The first kappa shape index (κ1) is 14.5. The molecule has 0 amide bonds. The Balaban J connectivity index is 2.58. The van der Waals surface area contributed by atoms with E-state index in [9.17, 15) is 4.79 Å². The molecule has 3 nitrogen and oxygen atoms in total. The average Bonchev–Trinajstić information content (AvgIpc) is 2.14. The van der Waals surface area contributed by atoms with Gasteiger partial charge in [0.1, 0.15) is 0 Å². The van der Waals surface area contributed by atoms with Gasteiger partial charge in [-0.1, -0.05) is 27.7 Å². The van der Waals surface area contributed by atoms with Gasteiger partial charge in [-0.25, -0.2) is 0 Å². The smallest absolute Gasteiger partial charge is 0.304 e. The van der Waals surface area contributed by atoms with E-state index in [1.807, 2.05) is 0 Å². The lowest BCUT2D eigenvalue weighted by Crippen LogP contribution is -2.44. The third-order valence-corrected chi connectivity index (χ3v) is 3.90. The van der Waals surface area contributed by atoms with Crippen molar-refractivity contribution in [1.29, 1.82) is 0 Å². The summed E-state index contributed by atoms with van der Waals surface area (Å²) in [6.07, 6.45) is 3.97. The molecule has 0 radical (unpaired) electrons. The van der Waals surface area contributed by atoms with E-state index in [0.29, 0.717) is 18.0 Å². The fourth-order valence-corrected chi connectivity index (χ4v) is 3.41. The molecule has 1 aliphatic carbocycles. The zero-order valence-corrected chi connectivity index (χ0v) is 11.7. The first-order chi connectivity index (χ1) is 7.84. The minimum Gasteiger partial charge on any atom is -0.481 e. The fourth-order valence-electron chi connectivity index (χ4n) is 3.41. The predicted molar refractivity (Wildman–Crippen MR) is 70.1 cm³/mol. The Morgan fingerprint density at radius 2 is 2.06 bits per heavy atom. The van der Waals surface area contributed by atoms with Crippen LogP contribution in [0.4, 0.5) is 0 Å². The molecule has 1 aliphatic rings. The number of carbonyl (C=O) groups is 1. The normalized spacial score (nSPS) is 28.3. The van der Waals surface area contributed by atoms with Crippen LogP contribution in [0.15, 0.2) is 0 Å². The Labute approximate surface area is 105 Å². The van der Waals surface area contributed by atoms with E-state index >= 15 is 0 Å². The van der Waals surface area contributed by atoms with Crippen LogP contribution in [0.3, 0.4) is 0 Å². The van der Waals surface area contributed by atoms with Crippen molar-refractivity contribution >= 4 is 5.97 Å². The van der Waals surface area contributed by atoms with Crippen LogP contribution in [0, 0.1) is 11.3 Å². The Morgan fingerprint density at radius 1 is 1.41 bits per heavy atom. The molecule has 0 aliphatic heterocycles. The molecule has 2 unspecified atom stereocenters. The van der Waals surface area contributed by atoms with E-state index in [2.05, 4.69) is 32.6 Å². The lowest BCUT2D eigenvalue weighted by Gasteiger charge is -2.43. The monoisotopic (exact) mass is 241 g/mol. The topological polar surface area (TPSA) is 40.5 Å². The molecule has 17 heavy (non-hydrogen) atoms. The number of rotatable bonds is 5. The van der Waals surface area contributed by atoms with E-state index in [1.165, 1.54) is 19.3 Å². The predicted octanol–water partition coefficient (Wildman–Crippen LogP) is 3.00. The van der Waals surface area contributed by atoms with Crippen LogP contribution < -0.4 is 0 Å². The van der Waals surface area contributed by atoms with Crippen molar-refractivity contribution < 1.29 is 9.90 Å². The van der Waals surface area contributed by atoms with Gasteiger partial charge in [0.05, 0.1) is 6.42 Å². The third kappa shape index (κ3) is 4.66. The molecule has 0 saturated heterocycles. The van der Waals surface area contributed by atoms with Gasteiger partial charge in [-0.3, -0.25) is 4.79 Å². The second-order valence-electron chi connectivity index (χ2n) is 6.34. The number of carboxylic acid groups (broad SMARTS) is 1. The van der Waals surface area contributed by atoms with Crippen molar-refractivity contribution in [2.75, 3.05) is 13.1 Å². The Hall–Kier alpha value is -0.570. The molecule has 0 heterocycles. The standard InChI is InChI=1S/C14H27NO2/c1-5-15(7-6-13(16)17)12-8-11(2)9-14(3,4)10-12/h11-12H,5-10H2,1-4H3,(H,16,17). The van der Waals surface area contributed by atoms with Crippen molar-refractivity contribution in [2.24, 2.45) is 11.3 Å². The highest BCUT2D eigenvalue weighted by atomic mass is 16.4. The number of nitrogens with zero attached hydrogens (tertiary/aromatic N) is 1. The first-order valence-electron chi connectivity index (χ1n) is 6.80. The summed E-state index contributed by atoms with van der Waals surface area (Å²) in [5.41, 5.74) is 0.402. The molecule has 1 saturated carbocycles. The average molecular weight is 241 g/mol. The van der Waals surface area contributed by atoms with Crippen LogP contribution in [-0.2, 0) is 4.79 Å². The molecular weight excluding hydrogens is 214 g/mol. The summed E-state index contributed by atoms with van der Waals surface area (Å²) < 4.78 is 0. The molecule has 100 valence electrons. The highest BCUT2D eigenvalue weighted by Crippen LogP contribution is 2.40. The zero-order valence-electron chi connectivity index (χ0n) is 11.7. The van der Waals surface area contributed by atoms with Gasteiger partial charge in [-0.2, -0.15) is 0 Å². The second-order valence-corrected chi connectivity index (χ2v) is 6.34. The highest BCUT2D eigenvalue weighted by Gasteiger charge is 2.34. The first-order valence-corrected chi connectivity index (χ1v) is 6.80. The second kappa shape index (κ2) is 5.85. The minimum absolute atomic E-state index is 0.263. The quantitative estimate of drug-likeness (QED) is 0.804. The summed E-state index contributed by atoms with van der Waals surface area (Å²) in [4.78, 5) is 13.0. The van der Waals surface area contributed by atoms with Crippen molar-refractivity contribution in [3.63, 3.8) is 0 Å². The Kier molecular flexibility index (Phi) is 4.99. The molecule has 0 aromatic rings. The van der Waals surface area contributed by atoms with E-state index in [-0.39, 0.29) is 6.42 Å². The van der Waals surface area contributed by atoms with Gasteiger partial charge < -0.3 is 10.0 Å². The molecule has 0 aromatic heterocycles. The maximum atomic E-state index is 10.7. The van der Waals surface area contributed by atoms with Gasteiger partial charge >= 0.3 is 5.97 Å². The lowest BCUT2D eigenvalue weighted by molar-refractivity contribution is -0.137. The van der Waals surface area contributed by atoms with E-state index in [0.717, 1.165) is 12.5 Å². The minimum atomic E-state index is -0.688. The van der Waals surface area contributed by atoms with Crippen LogP contribution >= 0.6 is 0 Å². The van der Waals surface area contributed by atoms with Crippen molar-refractivity contribution in [1.82, 2.24) is 4.90 Å². The summed E-state index contributed by atoms with van der Waals surface area (Å²) in [6, 6.07) is 0.568. The molecule has 1 rings (SSSR count). The number of aliphatic carboxylic acids is 1. The van der Waals surface area contributed by atoms with Gasteiger partial charge in [0.2, 0.25) is 0 Å². The lowest BCUT2D eigenvalue weighted by atomic mass is 9.70. The Morgan fingerprint density at radius 3 is 2.53 bits per heavy atom. The fraction of sp³-hybridized carbons (Fsp3) is 0.929. The van der Waals surface area contributed by atoms with Gasteiger partial charge in [0.25, 0.3) is 0 Å². The van der Waals surface area contributed by atoms with Gasteiger partial charge in [0.15, 0.2) is 0 Å². The molecule has 0 spiro atoms. The summed E-state index contributed by atoms with van der Waals surface area (Å²) in [5, 5.41) is 8.78. The number of hydrogen-bond acceptors (Lipinski definition) is 2. The zero-order chi connectivity index (χ0) is 13.1. The molecule has 0 aromatic carbocycles. The van der Waals surface area contributed by atoms with Gasteiger partial charge in [-0.15, -0.1) is 0 Å². The summed E-state index contributed by atoms with van der Waals surface area (Å²) in [5.74, 6) is 0.0641. The van der Waals surface area contributed by atoms with E-state index in [1.54, 1.807) is 0 Å². The maximum absolute atomic E-state index is 10.7. The van der Waals surface area contributed by atoms with Crippen LogP contribution in [0.1, 0.15) is 53.4 Å². The van der Waals surface area contributed by atoms with E-state index in [4.69, 9.17) is 5.11 Å². The van der Waals surface area contributed by atoms with Gasteiger partial charge in [0, 0.05) is 12.6 Å². The van der Waals surface area contributed by atoms with Gasteiger partial charge in [-0.05, 0) is 37.1 Å². The van der Waals surface area contributed by atoms with Crippen molar-refractivity contribution in [2.45, 2.75) is 59.4 Å². The Bertz CT molecular complexity index is 263. The van der Waals surface area contributed by atoms with Crippen LogP contribution in [0.2, 0.25) is 0 Å². The number of carboxylic acids is 1. The molecule has 1 fully saturated rings. The molecule has 1 N–H and O–H groups in total. The van der Waals surface area contributed by atoms with Crippen LogP contribution in [0.5, 0.6) is 0 Å². The molecule has 0 bridgehead atoms. The number of hydrogen-bond donors (Lipinski definition) is 1. The molecular formula is C14H27NO2. The third-order valence-electron chi connectivity index (χ3n) is 3.90. The van der Waals surface area contributed by atoms with Crippen molar-refractivity contribution in [3.05, 3.63) is 0 Å².